The molecule has 7 nitrogen and oxygen atoms in total. The van der Waals surface area contributed by atoms with Gasteiger partial charge < -0.3 is 14.6 Å². The topological polar surface area (TPSA) is 85.1 Å². The molecule has 2 aromatic rings. The molecule has 3 aliphatic carbocycles. The first-order valence-electron chi connectivity index (χ1n) is 12.5. The third kappa shape index (κ3) is 2.71. The molecule has 6 atom stereocenters. The number of hydrogen-bond acceptors (Lipinski definition) is 6. The number of ether oxygens (including phenoxy) is 2. The molecule has 2 aromatic carbocycles. The van der Waals surface area contributed by atoms with Crippen LogP contribution < -0.4 is 9.47 Å². The second kappa shape index (κ2) is 7.18. The Morgan fingerprint density at radius 1 is 1.29 bits per heavy atom. The number of nitro benzene ring substituents is 1. The summed E-state index contributed by atoms with van der Waals surface area (Å²) >= 11 is 0. The third-order valence-corrected chi connectivity index (χ3v) is 9.41. The fourth-order valence-corrected chi connectivity index (χ4v) is 7.80. The van der Waals surface area contributed by atoms with E-state index in [0.29, 0.717) is 12.0 Å². The Labute approximate surface area is 198 Å². The van der Waals surface area contributed by atoms with Gasteiger partial charge in [0, 0.05) is 41.6 Å². The van der Waals surface area contributed by atoms with Crippen molar-refractivity contribution in [2.75, 3.05) is 20.2 Å². The minimum Gasteiger partial charge on any atom is -0.493 e. The quantitative estimate of drug-likeness (QED) is 0.537. The SMILES string of the molecule is COc1ccc2c3c1O[C@H]1[C@@H](O)[C@@H](c4cccc([N+](=O)[O-])c4)C[C@H]4[C@@H](C2)N(CC2CC2)CC[C@@]341. The molecule has 1 N–H and O–H groups in total. The summed E-state index contributed by atoms with van der Waals surface area (Å²) in [5.74, 6) is 2.49. The molecule has 2 bridgehead atoms. The normalized spacial score (nSPS) is 35.4. The molecule has 1 saturated heterocycles. The number of hydrogen-bond donors (Lipinski definition) is 1. The highest BCUT2D eigenvalue weighted by Crippen LogP contribution is 2.65. The lowest BCUT2D eigenvalue weighted by Crippen LogP contribution is -2.68. The number of aliphatic hydroxyl groups is 1. The zero-order chi connectivity index (χ0) is 23.2. The Balaban J connectivity index is 1.36. The molecule has 2 aliphatic heterocycles. The molecule has 0 amide bonds. The van der Waals surface area contributed by atoms with Crippen molar-refractivity contribution < 1.29 is 19.5 Å². The maximum atomic E-state index is 11.8. The monoisotopic (exact) mass is 462 g/mol. The van der Waals surface area contributed by atoms with Crippen LogP contribution in [0.15, 0.2) is 36.4 Å². The third-order valence-electron chi connectivity index (χ3n) is 9.41. The molecule has 2 saturated carbocycles. The van der Waals surface area contributed by atoms with E-state index in [0.717, 1.165) is 55.3 Å². The Morgan fingerprint density at radius 3 is 2.91 bits per heavy atom. The van der Waals surface area contributed by atoms with Crippen LogP contribution in [-0.4, -0.2) is 53.4 Å². The number of piperidine rings is 1. The molecular weight excluding hydrogens is 432 g/mol. The maximum absolute atomic E-state index is 11.8. The largest absolute Gasteiger partial charge is 0.493 e. The first-order chi connectivity index (χ1) is 16.5. The van der Waals surface area contributed by atoms with Gasteiger partial charge in [0.15, 0.2) is 11.5 Å². The molecule has 7 rings (SSSR count). The van der Waals surface area contributed by atoms with E-state index >= 15 is 0 Å². The van der Waals surface area contributed by atoms with Crippen LogP contribution in [0.4, 0.5) is 5.69 Å². The van der Waals surface area contributed by atoms with Gasteiger partial charge in [-0.05, 0) is 67.7 Å². The predicted octanol–water partition coefficient (Wildman–Crippen LogP) is 3.81. The molecule has 1 spiro atoms. The zero-order valence-electron chi connectivity index (χ0n) is 19.4. The second-order valence-corrected chi connectivity index (χ2v) is 11.0. The molecule has 3 fully saturated rings. The van der Waals surface area contributed by atoms with Crippen LogP contribution in [0.25, 0.3) is 0 Å². The Kier molecular flexibility index (Phi) is 4.38. The molecule has 5 aliphatic rings. The van der Waals surface area contributed by atoms with Gasteiger partial charge in [-0.25, -0.2) is 0 Å². The minimum absolute atomic E-state index is 0.0729. The van der Waals surface area contributed by atoms with E-state index in [9.17, 15) is 15.2 Å². The summed E-state index contributed by atoms with van der Waals surface area (Å²) in [6.45, 7) is 2.19. The zero-order valence-corrected chi connectivity index (χ0v) is 19.4. The smallest absolute Gasteiger partial charge is 0.269 e. The lowest BCUT2D eigenvalue weighted by atomic mass is 9.49. The summed E-state index contributed by atoms with van der Waals surface area (Å²) in [4.78, 5) is 13.8. The summed E-state index contributed by atoms with van der Waals surface area (Å²) in [5, 5.41) is 23.2. The molecule has 34 heavy (non-hydrogen) atoms. The van der Waals surface area contributed by atoms with Gasteiger partial charge in [0.2, 0.25) is 0 Å². The Hall–Kier alpha value is -2.64. The van der Waals surface area contributed by atoms with Crippen LogP contribution in [-0.2, 0) is 11.8 Å². The van der Waals surface area contributed by atoms with Gasteiger partial charge in [0.25, 0.3) is 5.69 Å². The molecule has 0 radical (unpaired) electrons. The maximum Gasteiger partial charge on any atom is 0.269 e. The summed E-state index contributed by atoms with van der Waals surface area (Å²) in [6.07, 6.45) is 4.32. The van der Waals surface area contributed by atoms with Gasteiger partial charge in [-0.15, -0.1) is 0 Å². The van der Waals surface area contributed by atoms with Crippen molar-refractivity contribution in [2.24, 2.45) is 11.8 Å². The fourth-order valence-electron chi connectivity index (χ4n) is 7.80. The number of non-ortho nitro benzene ring substituents is 1. The fraction of sp³-hybridized carbons (Fsp3) is 0.556. The molecule has 7 heteroatoms. The average Bonchev–Trinajstić information content (AvgIpc) is 3.59. The number of benzene rings is 2. The number of methoxy groups -OCH3 is 1. The summed E-state index contributed by atoms with van der Waals surface area (Å²) in [7, 11) is 1.67. The van der Waals surface area contributed by atoms with Crippen LogP contribution in [0, 0.1) is 22.0 Å². The van der Waals surface area contributed by atoms with Crippen molar-refractivity contribution in [3.63, 3.8) is 0 Å². The Bertz CT molecular complexity index is 1180. The first-order valence-corrected chi connectivity index (χ1v) is 12.5. The summed E-state index contributed by atoms with van der Waals surface area (Å²) < 4.78 is 12.3. The number of nitro groups is 1. The van der Waals surface area contributed by atoms with Crippen molar-refractivity contribution in [1.29, 1.82) is 0 Å². The van der Waals surface area contributed by atoms with Crippen LogP contribution in [0.2, 0.25) is 0 Å². The summed E-state index contributed by atoms with van der Waals surface area (Å²) in [6, 6.07) is 11.4. The van der Waals surface area contributed by atoms with Crippen molar-refractivity contribution in [2.45, 2.75) is 61.7 Å². The second-order valence-electron chi connectivity index (χ2n) is 11.0. The predicted molar refractivity (Wildman–Crippen MR) is 125 cm³/mol. The first kappa shape index (κ1) is 20.7. The molecular formula is C27H30N2O5. The van der Waals surface area contributed by atoms with Crippen molar-refractivity contribution >= 4 is 5.69 Å². The van der Waals surface area contributed by atoms with Gasteiger partial charge in [-0.3, -0.25) is 15.0 Å². The number of rotatable bonds is 5. The van der Waals surface area contributed by atoms with E-state index in [1.807, 2.05) is 12.1 Å². The highest BCUT2D eigenvalue weighted by molar-refractivity contribution is 5.61. The van der Waals surface area contributed by atoms with Gasteiger partial charge in [0.05, 0.1) is 18.1 Å². The van der Waals surface area contributed by atoms with Crippen molar-refractivity contribution in [1.82, 2.24) is 4.90 Å². The highest BCUT2D eigenvalue weighted by Gasteiger charge is 2.67. The lowest BCUT2D eigenvalue weighted by molar-refractivity contribution is -0.385. The highest BCUT2D eigenvalue weighted by atomic mass is 16.6. The van der Waals surface area contributed by atoms with Gasteiger partial charge >= 0.3 is 0 Å². The van der Waals surface area contributed by atoms with E-state index in [1.165, 1.54) is 30.0 Å². The van der Waals surface area contributed by atoms with Crippen molar-refractivity contribution in [3.05, 3.63) is 63.2 Å². The number of aliphatic hydroxyl groups excluding tert-OH is 1. The Morgan fingerprint density at radius 2 is 2.15 bits per heavy atom. The van der Waals surface area contributed by atoms with Gasteiger partial charge in [-0.1, -0.05) is 18.2 Å². The average molecular weight is 463 g/mol. The van der Waals surface area contributed by atoms with E-state index in [-0.39, 0.29) is 28.0 Å². The lowest BCUT2D eigenvalue weighted by Gasteiger charge is -2.60. The molecule has 0 unspecified atom stereocenters. The van der Waals surface area contributed by atoms with E-state index in [2.05, 4.69) is 11.0 Å². The van der Waals surface area contributed by atoms with Crippen LogP contribution in [0.3, 0.4) is 0 Å². The van der Waals surface area contributed by atoms with E-state index in [1.54, 1.807) is 19.2 Å². The minimum atomic E-state index is -0.739. The number of nitrogens with zero attached hydrogens (tertiary/aromatic N) is 2. The van der Waals surface area contributed by atoms with Crippen LogP contribution >= 0.6 is 0 Å². The molecule has 0 aromatic heterocycles. The van der Waals surface area contributed by atoms with Crippen LogP contribution in [0.1, 0.15) is 48.3 Å². The number of likely N-dealkylation sites (tertiary alicyclic amines) is 1. The van der Waals surface area contributed by atoms with Crippen LogP contribution in [0.5, 0.6) is 11.5 Å². The summed E-state index contributed by atoms with van der Waals surface area (Å²) in [5.41, 5.74) is 3.28. The van der Waals surface area contributed by atoms with E-state index < -0.39 is 6.10 Å². The van der Waals surface area contributed by atoms with Gasteiger partial charge in [0.1, 0.15) is 6.10 Å². The van der Waals surface area contributed by atoms with Crippen molar-refractivity contribution in [3.8, 4) is 11.5 Å². The van der Waals surface area contributed by atoms with E-state index in [4.69, 9.17) is 9.47 Å². The molecule has 178 valence electrons. The standard InChI is InChI=1S/C27H30N2O5/c1-33-22-8-7-17-12-21-20-13-19(16-3-2-4-18(11-16)29(31)32)24(30)26-27(20,23(17)25(22)34-26)9-10-28(21)14-15-5-6-15/h2-4,7-8,11,15,19-21,24,26,30H,5-6,9-10,12-14H2,1H3/t19-,20+,21-,24+,26+,27+/m1/s1. The van der Waals surface area contributed by atoms with Gasteiger partial charge in [-0.2, -0.15) is 0 Å². The molecule has 2 heterocycles.